The second-order valence-electron chi connectivity index (χ2n) is 6.55. The first-order chi connectivity index (χ1) is 10.8. The van der Waals surface area contributed by atoms with Gasteiger partial charge >= 0.3 is 12.1 Å². The zero-order valence-corrected chi connectivity index (χ0v) is 14.1. The molecule has 1 unspecified atom stereocenters. The van der Waals surface area contributed by atoms with Crippen molar-refractivity contribution in [2.24, 2.45) is 0 Å². The number of esters is 1. The summed E-state index contributed by atoms with van der Waals surface area (Å²) in [5, 5.41) is 0. The molecule has 0 spiro atoms. The number of likely N-dealkylation sites (tertiary alicyclic amines) is 1. The summed E-state index contributed by atoms with van der Waals surface area (Å²) in [5.74, 6) is -0.0967. The molecule has 23 heavy (non-hydrogen) atoms. The van der Waals surface area contributed by atoms with Gasteiger partial charge in [-0.1, -0.05) is 0 Å². The minimum atomic E-state index is -0.535. The Hall–Kier alpha value is -2.05. The molecule has 0 bridgehead atoms. The number of rotatable bonds is 3. The lowest BCUT2D eigenvalue weighted by atomic mass is 9.94. The average Bonchev–Trinajstić information content (AvgIpc) is 2.95. The van der Waals surface area contributed by atoms with Crippen LogP contribution in [0.5, 0.6) is 0 Å². The van der Waals surface area contributed by atoms with Crippen LogP contribution in [0.15, 0.2) is 10.8 Å². The van der Waals surface area contributed by atoms with Crippen LogP contribution in [0.3, 0.4) is 0 Å². The van der Waals surface area contributed by atoms with E-state index in [1.165, 1.54) is 6.39 Å². The third kappa shape index (κ3) is 4.46. The first-order valence-corrected chi connectivity index (χ1v) is 7.90. The Morgan fingerprint density at radius 2 is 2.17 bits per heavy atom. The number of carbonyl (C=O) groups excluding carboxylic acids is 2. The van der Waals surface area contributed by atoms with Gasteiger partial charge in [0, 0.05) is 19.0 Å². The van der Waals surface area contributed by atoms with E-state index in [1.807, 2.05) is 20.8 Å². The normalized spacial score (nSPS) is 18.6. The van der Waals surface area contributed by atoms with Crippen LogP contribution in [-0.2, 0) is 9.47 Å². The molecule has 1 saturated heterocycles. The van der Waals surface area contributed by atoms with E-state index in [4.69, 9.17) is 13.9 Å². The van der Waals surface area contributed by atoms with Crippen LogP contribution >= 0.6 is 0 Å². The maximum absolute atomic E-state index is 12.2. The first-order valence-electron chi connectivity index (χ1n) is 7.90. The molecule has 0 radical (unpaired) electrons. The van der Waals surface area contributed by atoms with Crippen molar-refractivity contribution < 1.29 is 23.5 Å². The van der Waals surface area contributed by atoms with E-state index in [1.54, 1.807) is 11.8 Å². The molecule has 2 heterocycles. The zero-order valence-electron chi connectivity index (χ0n) is 14.1. The molecule has 7 heteroatoms. The predicted molar refractivity (Wildman–Crippen MR) is 82.2 cm³/mol. The molecule has 0 N–H and O–H groups in total. The van der Waals surface area contributed by atoms with E-state index in [2.05, 4.69) is 4.98 Å². The number of nitrogens with zero attached hydrogens (tertiary/aromatic N) is 2. The molecule has 128 valence electrons. The SMILES string of the molecule is CCOC(=O)c1ncoc1C1CCCN(C(=O)OC(C)(C)C)C1. The third-order valence-corrected chi connectivity index (χ3v) is 3.51. The van der Waals surface area contributed by atoms with Crippen molar-refractivity contribution >= 4 is 12.1 Å². The number of aromatic nitrogens is 1. The molecule has 1 atom stereocenters. The average molecular weight is 324 g/mol. The molecule has 0 aromatic carbocycles. The second kappa shape index (κ2) is 7.02. The molecule has 7 nitrogen and oxygen atoms in total. The highest BCUT2D eigenvalue weighted by Crippen LogP contribution is 2.30. The first kappa shape index (κ1) is 17.3. The van der Waals surface area contributed by atoms with Gasteiger partial charge < -0.3 is 18.8 Å². The van der Waals surface area contributed by atoms with E-state index in [0.29, 0.717) is 18.8 Å². The van der Waals surface area contributed by atoms with E-state index in [0.717, 1.165) is 12.8 Å². The van der Waals surface area contributed by atoms with Crippen LogP contribution < -0.4 is 0 Å². The Morgan fingerprint density at radius 3 is 2.83 bits per heavy atom. The molecule has 1 fully saturated rings. The lowest BCUT2D eigenvalue weighted by Gasteiger charge is -2.33. The van der Waals surface area contributed by atoms with Crippen LogP contribution in [-0.4, -0.2) is 47.2 Å². The summed E-state index contributed by atoms with van der Waals surface area (Å²) in [6.45, 7) is 8.60. The van der Waals surface area contributed by atoms with Gasteiger partial charge in [0.25, 0.3) is 0 Å². The Labute approximate surface area is 135 Å². The fourth-order valence-corrected chi connectivity index (χ4v) is 2.58. The van der Waals surface area contributed by atoms with Crippen molar-refractivity contribution in [2.75, 3.05) is 19.7 Å². The molecule has 0 saturated carbocycles. The minimum Gasteiger partial charge on any atom is -0.461 e. The molecular weight excluding hydrogens is 300 g/mol. The fraction of sp³-hybridized carbons (Fsp3) is 0.688. The maximum Gasteiger partial charge on any atom is 0.410 e. The highest BCUT2D eigenvalue weighted by molar-refractivity contribution is 5.88. The summed E-state index contributed by atoms with van der Waals surface area (Å²) < 4.78 is 15.8. The van der Waals surface area contributed by atoms with Gasteiger partial charge in [-0.15, -0.1) is 0 Å². The summed E-state index contributed by atoms with van der Waals surface area (Å²) in [4.78, 5) is 29.8. The highest BCUT2D eigenvalue weighted by Gasteiger charge is 2.33. The van der Waals surface area contributed by atoms with Crippen LogP contribution in [0.2, 0.25) is 0 Å². The number of hydrogen-bond acceptors (Lipinski definition) is 6. The topological polar surface area (TPSA) is 81.9 Å². The standard InChI is InChI=1S/C16H24N2O5/c1-5-21-14(19)12-13(22-10-17-12)11-7-6-8-18(9-11)15(20)23-16(2,3)4/h10-11H,5-9H2,1-4H3. The zero-order chi connectivity index (χ0) is 17.0. The van der Waals surface area contributed by atoms with Crippen molar-refractivity contribution in [2.45, 2.75) is 52.1 Å². The van der Waals surface area contributed by atoms with Gasteiger partial charge in [0.15, 0.2) is 12.1 Å². The molecule has 1 aromatic heterocycles. The van der Waals surface area contributed by atoms with Crippen LogP contribution in [0.1, 0.15) is 62.7 Å². The van der Waals surface area contributed by atoms with Crippen molar-refractivity contribution in [3.8, 4) is 0 Å². The van der Waals surface area contributed by atoms with Crippen LogP contribution in [0.25, 0.3) is 0 Å². The van der Waals surface area contributed by atoms with Crippen molar-refractivity contribution in [1.29, 1.82) is 0 Å². The van der Waals surface area contributed by atoms with E-state index >= 15 is 0 Å². The largest absolute Gasteiger partial charge is 0.461 e. The van der Waals surface area contributed by atoms with Gasteiger partial charge in [0.05, 0.1) is 6.61 Å². The van der Waals surface area contributed by atoms with Gasteiger partial charge in [0.2, 0.25) is 0 Å². The van der Waals surface area contributed by atoms with Crippen molar-refractivity contribution in [3.05, 3.63) is 17.8 Å². The number of ether oxygens (including phenoxy) is 2. The van der Waals surface area contributed by atoms with E-state index < -0.39 is 11.6 Å². The van der Waals surface area contributed by atoms with Crippen molar-refractivity contribution in [1.82, 2.24) is 9.88 Å². The third-order valence-electron chi connectivity index (χ3n) is 3.51. The summed E-state index contributed by atoms with van der Waals surface area (Å²) >= 11 is 0. The van der Waals surface area contributed by atoms with Gasteiger partial charge in [-0.25, -0.2) is 14.6 Å². The molecule has 1 aliphatic heterocycles. The lowest BCUT2D eigenvalue weighted by Crippen LogP contribution is -2.42. The molecule has 2 rings (SSSR count). The van der Waals surface area contributed by atoms with E-state index in [9.17, 15) is 9.59 Å². The molecular formula is C16H24N2O5. The summed E-state index contributed by atoms with van der Waals surface area (Å²) in [7, 11) is 0. The minimum absolute atomic E-state index is 0.0850. The Morgan fingerprint density at radius 1 is 1.43 bits per heavy atom. The quantitative estimate of drug-likeness (QED) is 0.795. The second-order valence-corrected chi connectivity index (χ2v) is 6.55. The Kier molecular flexibility index (Phi) is 5.28. The number of hydrogen-bond donors (Lipinski definition) is 0. The fourth-order valence-electron chi connectivity index (χ4n) is 2.58. The number of piperidine rings is 1. The van der Waals surface area contributed by atoms with Crippen LogP contribution in [0, 0.1) is 0 Å². The summed E-state index contributed by atoms with van der Waals surface area (Å²) in [6, 6.07) is 0. The summed E-state index contributed by atoms with van der Waals surface area (Å²) in [5.41, 5.74) is -0.338. The van der Waals surface area contributed by atoms with Gasteiger partial charge in [0.1, 0.15) is 11.4 Å². The van der Waals surface area contributed by atoms with Gasteiger partial charge in [-0.05, 0) is 40.5 Å². The molecule has 1 amide bonds. The van der Waals surface area contributed by atoms with Crippen LogP contribution in [0.4, 0.5) is 4.79 Å². The highest BCUT2D eigenvalue weighted by atomic mass is 16.6. The van der Waals surface area contributed by atoms with Gasteiger partial charge in [-0.2, -0.15) is 0 Å². The Bertz CT molecular complexity index is 561. The smallest absolute Gasteiger partial charge is 0.410 e. The molecule has 1 aromatic rings. The number of amides is 1. The molecule has 0 aliphatic carbocycles. The van der Waals surface area contributed by atoms with Gasteiger partial charge in [-0.3, -0.25) is 0 Å². The number of oxazole rings is 1. The number of carbonyl (C=O) groups is 2. The predicted octanol–water partition coefficient (Wildman–Crippen LogP) is 2.97. The summed E-state index contributed by atoms with van der Waals surface area (Å²) in [6.07, 6.45) is 2.53. The van der Waals surface area contributed by atoms with Crippen molar-refractivity contribution in [3.63, 3.8) is 0 Å². The molecule has 1 aliphatic rings. The maximum atomic E-state index is 12.2. The monoisotopic (exact) mass is 324 g/mol. The van der Waals surface area contributed by atoms with E-state index in [-0.39, 0.29) is 24.3 Å². The lowest BCUT2D eigenvalue weighted by molar-refractivity contribution is 0.0192. The Balaban J connectivity index is 2.09.